The number of likely N-dealkylation sites (tertiary alicyclic amines) is 1. The lowest BCUT2D eigenvalue weighted by Crippen LogP contribution is -2.49. The molecule has 0 unspecified atom stereocenters. The molecule has 0 saturated carbocycles. The molecule has 0 amide bonds. The molecular weight excluding hydrogens is 457 g/mol. The van der Waals surface area contributed by atoms with E-state index in [2.05, 4.69) is 42.3 Å². The van der Waals surface area contributed by atoms with Gasteiger partial charge in [-0.25, -0.2) is 4.98 Å². The van der Waals surface area contributed by atoms with Crippen molar-refractivity contribution in [2.75, 3.05) is 33.2 Å². The van der Waals surface area contributed by atoms with Gasteiger partial charge in [0.25, 0.3) is 0 Å². The summed E-state index contributed by atoms with van der Waals surface area (Å²) in [7, 11) is 1.80. The second-order valence-electron chi connectivity index (χ2n) is 6.34. The second-order valence-corrected chi connectivity index (χ2v) is 6.34. The van der Waals surface area contributed by atoms with Crippen LogP contribution in [0.15, 0.2) is 40.5 Å². The number of furan rings is 1. The summed E-state index contributed by atoms with van der Waals surface area (Å²) in [4.78, 5) is 11.2. The number of guanidine groups is 1. The molecule has 27 heavy (non-hydrogen) atoms. The fourth-order valence-corrected chi connectivity index (χ4v) is 3.05. The molecule has 0 bridgehead atoms. The number of piperidine rings is 1. The van der Waals surface area contributed by atoms with Crippen LogP contribution in [0.3, 0.4) is 0 Å². The minimum Gasteiger partial charge on any atom is -0.461 e. The maximum absolute atomic E-state index is 5.30. The van der Waals surface area contributed by atoms with Crippen LogP contribution < -0.4 is 10.6 Å². The summed E-state index contributed by atoms with van der Waals surface area (Å²) in [6.07, 6.45) is 6.54. The van der Waals surface area contributed by atoms with Gasteiger partial charge in [0.05, 0.1) is 6.26 Å². The summed E-state index contributed by atoms with van der Waals surface area (Å²) in [5.41, 5.74) is 0. The van der Waals surface area contributed by atoms with Gasteiger partial charge >= 0.3 is 0 Å². The van der Waals surface area contributed by atoms with Gasteiger partial charge in [-0.3, -0.25) is 15.0 Å². The highest BCUT2D eigenvalue weighted by Crippen LogP contribution is 2.14. The predicted molar refractivity (Wildman–Crippen MR) is 117 cm³/mol. The Hall–Kier alpha value is -1.88. The first-order valence-electron chi connectivity index (χ1n) is 9.04. The van der Waals surface area contributed by atoms with Crippen LogP contribution in [0, 0.1) is 0 Å². The van der Waals surface area contributed by atoms with Gasteiger partial charge in [0.2, 0.25) is 5.82 Å². The van der Waals surface area contributed by atoms with Gasteiger partial charge in [0, 0.05) is 45.7 Å². The molecule has 0 atom stereocenters. The van der Waals surface area contributed by atoms with Crippen molar-refractivity contribution < 1.29 is 4.42 Å². The van der Waals surface area contributed by atoms with Gasteiger partial charge in [-0.15, -0.1) is 30.6 Å². The van der Waals surface area contributed by atoms with Gasteiger partial charge in [-0.1, -0.05) is 6.08 Å². The van der Waals surface area contributed by atoms with E-state index < -0.39 is 0 Å². The van der Waals surface area contributed by atoms with Crippen LogP contribution in [-0.2, 0) is 6.42 Å². The Morgan fingerprint density at radius 2 is 2.30 bits per heavy atom. The van der Waals surface area contributed by atoms with Crippen LogP contribution in [0.1, 0.15) is 18.7 Å². The van der Waals surface area contributed by atoms with Crippen molar-refractivity contribution in [2.24, 2.45) is 4.99 Å². The molecule has 8 nitrogen and oxygen atoms in total. The lowest BCUT2D eigenvalue weighted by atomic mass is 10.1. The van der Waals surface area contributed by atoms with Crippen molar-refractivity contribution in [2.45, 2.75) is 25.3 Å². The third kappa shape index (κ3) is 6.35. The molecule has 0 radical (unpaired) electrons. The van der Waals surface area contributed by atoms with Crippen molar-refractivity contribution in [1.82, 2.24) is 30.7 Å². The van der Waals surface area contributed by atoms with E-state index in [0.29, 0.717) is 17.6 Å². The molecular formula is C18H28IN7O. The quantitative estimate of drug-likeness (QED) is 0.241. The van der Waals surface area contributed by atoms with Crippen molar-refractivity contribution in [3.63, 3.8) is 0 Å². The van der Waals surface area contributed by atoms with Gasteiger partial charge in [0.1, 0.15) is 5.82 Å². The fourth-order valence-electron chi connectivity index (χ4n) is 3.05. The molecule has 0 aliphatic carbocycles. The molecule has 9 heteroatoms. The largest absolute Gasteiger partial charge is 0.461 e. The summed E-state index contributed by atoms with van der Waals surface area (Å²) in [6.45, 7) is 7.68. The number of hydrogen-bond donors (Lipinski definition) is 3. The normalized spacial score (nSPS) is 16.0. The minimum atomic E-state index is 0. The molecule has 1 fully saturated rings. The zero-order chi connectivity index (χ0) is 18.2. The average molecular weight is 485 g/mol. The fraction of sp³-hybridized carbons (Fsp3) is 0.500. The van der Waals surface area contributed by atoms with Crippen LogP contribution in [-0.4, -0.2) is 65.3 Å². The second kappa shape index (κ2) is 11.1. The number of nitrogens with one attached hydrogen (secondary N) is 3. The van der Waals surface area contributed by atoms with Crippen molar-refractivity contribution >= 4 is 29.9 Å². The van der Waals surface area contributed by atoms with E-state index in [4.69, 9.17) is 4.42 Å². The van der Waals surface area contributed by atoms with E-state index in [1.807, 2.05) is 18.2 Å². The van der Waals surface area contributed by atoms with E-state index in [1.54, 1.807) is 13.3 Å². The topological polar surface area (TPSA) is 94.4 Å². The van der Waals surface area contributed by atoms with Crippen LogP contribution in [0.2, 0.25) is 0 Å². The van der Waals surface area contributed by atoms with Crippen molar-refractivity contribution in [3.05, 3.63) is 36.9 Å². The minimum absolute atomic E-state index is 0. The monoisotopic (exact) mass is 485 g/mol. The maximum Gasteiger partial charge on any atom is 0.216 e. The van der Waals surface area contributed by atoms with Gasteiger partial charge in [0.15, 0.2) is 11.7 Å². The molecule has 1 saturated heterocycles. The van der Waals surface area contributed by atoms with Gasteiger partial charge in [-0.2, -0.15) is 5.10 Å². The predicted octanol–water partition coefficient (Wildman–Crippen LogP) is 2.04. The number of aromatic amines is 1. The lowest BCUT2D eigenvalue weighted by molar-refractivity contribution is 0.225. The number of H-pyrrole nitrogens is 1. The molecule has 1 aliphatic rings. The molecule has 148 valence electrons. The molecule has 2 aromatic rings. The Balaban J connectivity index is 0.00000261. The highest BCUT2D eigenvalue weighted by atomic mass is 127. The zero-order valence-electron chi connectivity index (χ0n) is 15.6. The molecule has 0 spiro atoms. The molecule has 1 aliphatic heterocycles. The number of aliphatic imine (C=N–C) groups is 1. The molecule has 2 aromatic heterocycles. The van der Waals surface area contributed by atoms with E-state index in [0.717, 1.165) is 57.2 Å². The number of nitrogens with zero attached hydrogens (tertiary/aromatic N) is 4. The Kier molecular flexibility index (Phi) is 8.79. The number of hydrogen-bond acceptors (Lipinski definition) is 5. The van der Waals surface area contributed by atoms with Crippen LogP contribution >= 0.6 is 24.0 Å². The first-order valence-corrected chi connectivity index (χ1v) is 9.04. The standard InChI is InChI=1S/C18H27N7O.HI/c1-3-10-25-11-7-14(8-12-25)21-18(19-2)20-9-6-16-22-17(24-23-16)15-5-4-13-26-15;/h3-5,13-14H,1,6-12H2,2H3,(H2,19,20,21)(H,22,23,24);1H. The third-order valence-corrected chi connectivity index (χ3v) is 4.47. The average Bonchev–Trinajstić information content (AvgIpc) is 3.34. The third-order valence-electron chi connectivity index (χ3n) is 4.47. The number of halogens is 1. The van der Waals surface area contributed by atoms with Crippen LogP contribution in [0.4, 0.5) is 0 Å². The summed E-state index contributed by atoms with van der Waals surface area (Å²) in [5, 5.41) is 14.0. The Morgan fingerprint density at radius 1 is 1.48 bits per heavy atom. The van der Waals surface area contributed by atoms with Crippen molar-refractivity contribution in [3.8, 4) is 11.6 Å². The van der Waals surface area contributed by atoms with Crippen molar-refractivity contribution in [1.29, 1.82) is 0 Å². The molecule has 3 rings (SSSR count). The SMILES string of the molecule is C=CCN1CCC(NC(=NC)NCCc2nc(-c3ccco3)n[nH]2)CC1.I. The lowest BCUT2D eigenvalue weighted by Gasteiger charge is -2.32. The maximum atomic E-state index is 5.30. The van der Waals surface area contributed by atoms with Gasteiger partial charge < -0.3 is 15.1 Å². The number of rotatable bonds is 7. The van der Waals surface area contributed by atoms with E-state index in [-0.39, 0.29) is 24.0 Å². The number of aromatic nitrogens is 3. The smallest absolute Gasteiger partial charge is 0.216 e. The Bertz CT molecular complexity index is 705. The molecule has 3 heterocycles. The highest BCUT2D eigenvalue weighted by molar-refractivity contribution is 14.0. The van der Waals surface area contributed by atoms with E-state index >= 15 is 0 Å². The van der Waals surface area contributed by atoms with Crippen LogP contribution in [0.5, 0.6) is 0 Å². The molecule has 0 aromatic carbocycles. The van der Waals surface area contributed by atoms with E-state index in [1.165, 1.54) is 0 Å². The summed E-state index contributed by atoms with van der Waals surface area (Å²) < 4.78 is 5.30. The first-order chi connectivity index (χ1) is 12.8. The van der Waals surface area contributed by atoms with E-state index in [9.17, 15) is 0 Å². The highest BCUT2D eigenvalue weighted by Gasteiger charge is 2.19. The first kappa shape index (κ1) is 21.4. The Morgan fingerprint density at radius 3 is 2.96 bits per heavy atom. The molecule has 3 N–H and O–H groups in total. The van der Waals surface area contributed by atoms with Gasteiger partial charge in [-0.05, 0) is 25.0 Å². The van der Waals surface area contributed by atoms with Crippen LogP contribution in [0.25, 0.3) is 11.6 Å². The Labute approximate surface area is 176 Å². The zero-order valence-corrected chi connectivity index (χ0v) is 18.0. The summed E-state index contributed by atoms with van der Waals surface area (Å²) >= 11 is 0. The summed E-state index contributed by atoms with van der Waals surface area (Å²) in [5.74, 6) is 2.90. The summed E-state index contributed by atoms with van der Waals surface area (Å²) in [6, 6.07) is 4.13.